The number of nitrogens with one attached hydrogen (secondary N) is 1. The van der Waals surface area contributed by atoms with Crippen molar-refractivity contribution >= 4 is 22.9 Å². The number of rotatable bonds is 2. The Bertz CT molecular complexity index is 559. The summed E-state index contributed by atoms with van der Waals surface area (Å²) in [5.74, 6) is -1.67. The number of aromatic amines is 1. The van der Waals surface area contributed by atoms with E-state index in [4.69, 9.17) is 10.8 Å². The summed E-state index contributed by atoms with van der Waals surface area (Å²) in [4.78, 5) is 28.2. The van der Waals surface area contributed by atoms with Crippen LogP contribution in [0.5, 0.6) is 0 Å². The fourth-order valence-corrected chi connectivity index (χ4v) is 1.31. The third kappa shape index (κ3) is 1.41. The summed E-state index contributed by atoms with van der Waals surface area (Å²) < 4.78 is 0. The van der Waals surface area contributed by atoms with E-state index in [1.165, 1.54) is 18.5 Å². The first-order valence-electron chi connectivity index (χ1n) is 4.10. The first-order valence-corrected chi connectivity index (χ1v) is 4.10. The Morgan fingerprint density at radius 2 is 2.20 bits per heavy atom. The molecule has 76 valence electrons. The van der Waals surface area contributed by atoms with Gasteiger partial charge in [-0.1, -0.05) is 0 Å². The number of nitrogens with two attached hydrogens (primary N) is 1. The highest BCUT2D eigenvalue weighted by Gasteiger charge is 2.12. The van der Waals surface area contributed by atoms with E-state index in [1.54, 1.807) is 0 Å². The molecule has 6 nitrogen and oxygen atoms in total. The fraction of sp³-hybridized carbons (Fsp3) is 0. The molecular formula is C9H7N3O3. The highest BCUT2D eigenvalue weighted by Crippen LogP contribution is 2.16. The van der Waals surface area contributed by atoms with Crippen LogP contribution < -0.4 is 5.73 Å². The van der Waals surface area contributed by atoms with Crippen molar-refractivity contribution in [2.75, 3.05) is 0 Å². The molecule has 2 aromatic heterocycles. The lowest BCUT2D eigenvalue weighted by atomic mass is 10.2. The molecule has 0 aromatic carbocycles. The van der Waals surface area contributed by atoms with Gasteiger partial charge in [0.2, 0.25) is 0 Å². The van der Waals surface area contributed by atoms with Gasteiger partial charge in [0.25, 0.3) is 5.91 Å². The zero-order valence-electron chi connectivity index (χ0n) is 7.52. The van der Waals surface area contributed by atoms with Gasteiger partial charge >= 0.3 is 5.97 Å². The lowest BCUT2D eigenvalue weighted by molar-refractivity contribution is 0.0696. The van der Waals surface area contributed by atoms with Gasteiger partial charge in [-0.15, -0.1) is 0 Å². The van der Waals surface area contributed by atoms with Crippen LogP contribution in [0.25, 0.3) is 11.0 Å². The number of carbonyl (C=O) groups excluding carboxylic acids is 1. The van der Waals surface area contributed by atoms with E-state index in [9.17, 15) is 9.59 Å². The van der Waals surface area contributed by atoms with Crippen molar-refractivity contribution in [2.45, 2.75) is 0 Å². The van der Waals surface area contributed by atoms with Crippen molar-refractivity contribution in [3.8, 4) is 0 Å². The van der Waals surface area contributed by atoms with Crippen molar-refractivity contribution in [1.82, 2.24) is 9.97 Å². The Balaban J connectivity index is 2.66. The molecule has 6 heteroatoms. The Kier molecular flexibility index (Phi) is 1.89. The second-order valence-electron chi connectivity index (χ2n) is 2.99. The highest BCUT2D eigenvalue weighted by molar-refractivity contribution is 6.05. The second kappa shape index (κ2) is 3.09. The maximum absolute atomic E-state index is 10.9. The molecule has 0 aliphatic heterocycles. The molecule has 15 heavy (non-hydrogen) atoms. The summed E-state index contributed by atoms with van der Waals surface area (Å²) in [6, 6.07) is 1.40. The summed E-state index contributed by atoms with van der Waals surface area (Å²) in [6.07, 6.45) is 2.59. The van der Waals surface area contributed by atoms with Crippen LogP contribution in [-0.2, 0) is 0 Å². The number of primary amides is 1. The molecule has 0 aliphatic rings. The number of fused-ring (bicyclic) bond motifs is 1. The van der Waals surface area contributed by atoms with Gasteiger partial charge in [0, 0.05) is 12.4 Å². The van der Waals surface area contributed by atoms with Crippen molar-refractivity contribution in [2.24, 2.45) is 5.73 Å². The summed E-state index contributed by atoms with van der Waals surface area (Å²) in [5, 5.41) is 8.71. The van der Waals surface area contributed by atoms with E-state index in [0.717, 1.165) is 0 Å². The van der Waals surface area contributed by atoms with Crippen LogP contribution in [-0.4, -0.2) is 27.0 Å². The molecule has 0 saturated carbocycles. The molecule has 0 bridgehead atoms. The number of amides is 1. The molecule has 2 heterocycles. The molecule has 0 radical (unpaired) electrons. The van der Waals surface area contributed by atoms with Crippen LogP contribution in [0.4, 0.5) is 0 Å². The van der Waals surface area contributed by atoms with E-state index < -0.39 is 11.9 Å². The van der Waals surface area contributed by atoms with E-state index in [2.05, 4.69) is 9.97 Å². The number of hydrogen-bond donors (Lipinski definition) is 3. The van der Waals surface area contributed by atoms with Gasteiger partial charge in [0.15, 0.2) is 0 Å². The first kappa shape index (κ1) is 9.20. The molecular weight excluding hydrogens is 198 g/mol. The van der Waals surface area contributed by atoms with Crippen LogP contribution in [0.15, 0.2) is 18.5 Å². The molecule has 4 N–H and O–H groups in total. The quantitative estimate of drug-likeness (QED) is 0.657. The number of hydrogen-bond acceptors (Lipinski definition) is 3. The zero-order valence-corrected chi connectivity index (χ0v) is 7.52. The third-order valence-corrected chi connectivity index (χ3v) is 2.03. The summed E-state index contributed by atoms with van der Waals surface area (Å²) in [5.41, 5.74) is 6.27. The predicted octanol–water partition coefficient (Wildman–Crippen LogP) is 0.360. The van der Waals surface area contributed by atoms with Crippen molar-refractivity contribution in [3.05, 3.63) is 29.6 Å². The van der Waals surface area contributed by atoms with Gasteiger partial charge in [-0.05, 0) is 6.07 Å². The van der Waals surface area contributed by atoms with Crippen LogP contribution in [0.1, 0.15) is 20.7 Å². The number of carboxylic acid groups (broad SMARTS) is 1. The maximum Gasteiger partial charge on any atom is 0.337 e. The average molecular weight is 205 g/mol. The summed E-state index contributed by atoms with van der Waals surface area (Å²) in [7, 11) is 0. The van der Waals surface area contributed by atoms with Crippen LogP contribution in [0.3, 0.4) is 0 Å². The molecule has 0 unspecified atom stereocenters. The standard InChI is InChI=1S/C9H7N3O3/c10-8(13)5-3-11-6-1-4(9(14)15)2-12-7(5)6/h1-3,11H,(H2,10,13)(H,14,15). The highest BCUT2D eigenvalue weighted by atomic mass is 16.4. The van der Waals surface area contributed by atoms with E-state index in [1.807, 2.05) is 0 Å². The van der Waals surface area contributed by atoms with Gasteiger partial charge in [-0.25, -0.2) is 4.79 Å². The average Bonchev–Trinajstić information content (AvgIpc) is 2.59. The number of pyridine rings is 1. The Labute approximate surface area is 83.7 Å². The topological polar surface area (TPSA) is 109 Å². The molecule has 0 saturated heterocycles. The maximum atomic E-state index is 10.9. The second-order valence-corrected chi connectivity index (χ2v) is 2.99. The molecule has 0 fully saturated rings. The van der Waals surface area contributed by atoms with Gasteiger partial charge < -0.3 is 15.8 Å². The molecule has 1 amide bonds. The van der Waals surface area contributed by atoms with Crippen LogP contribution in [0, 0.1) is 0 Å². The smallest absolute Gasteiger partial charge is 0.337 e. The third-order valence-electron chi connectivity index (χ3n) is 2.03. The lowest BCUT2D eigenvalue weighted by Gasteiger charge is -1.94. The number of nitrogens with zero attached hydrogens (tertiary/aromatic N) is 1. The first-order chi connectivity index (χ1) is 7.09. The van der Waals surface area contributed by atoms with Gasteiger partial charge in [-0.3, -0.25) is 9.78 Å². The van der Waals surface area contributed by atoms with Crippen molar-refractivity contribution in [1.29, 1.82) is 0 Å². The predicted molar refractivity (Wildman–Crippen MR) is 51.6 cm³/mol. The molecule has 0 spiro atoms. The number of carbonyl (C=O) groups is 2. The van der Waals surface area contributed by atoms with Crippen molar-refractivity contribution < 1.29 is 14.7 Å². The summed E-state index contributed by atoms with van der Waals surface area (Å²) in [6.45, 7) is 0. The Morgan fingerprint density at radius 3 is 2.80 bits per heavy atom. The minimum Gasteiger partial charge on any atom is -0.478 e. The van der Waals surface area contributed by atoms with E-state index in [-0.39, 0.29) is 11.1 Å². The Hall–Kier alpha value is -2.37. The van der Waals surface area contributed by atoms with Crippen LogP contribution in [0.2, 0.25) is 0 Å². The number of carboxylic acids is 1. The SMILES string of the molecule is NC(=O)c1c[nH]c2cc(C(=O)O)cnc12. The minimum atomic E-state index is -1.07. The molecule has 2 aromatic rings. The number of H-pyrrole nitrogens is 1. The molecule has 0 aliphatic carbocycles. The lowest BCUT2D eigenvalue weighted by Crippen LogP contribution is -2.10. The van der Waals surface area contributed by atoms with Gasteiger partial charge in [0.1, 0.15) is 5.52 Å². The number of aromatic carboxylic acids is 1. The minimum absolute atomic E-state index is 0.0559. The zero-order chi connectivity index (χ0) is 11.0. The van der Waals surface area contributed by atoms with Crippen molar-refractivity contribution in [3.63, 3.8) is 0 Å². The van der Waals surface area contributed by atoms with E-state index in [0.29, 0.717) is 11.0 Å². The normalized spacial score (nSPS) is 10.4. The van der Waals surface area contributed by atoms with Crippen LogP contribution >= 0.6 is 0 Å². The molecule has 0 atom stereocenters. The summed E-state index contributed by atoms with van der Waals surface area (Å²) >= 11 is 0. The van der Waals surface area contributed by atoms with Gasteiger partial charge in [0.05, 0.1) is 16.6 Å². The monoisotopic (exact) mass is 205 g/mol. The van der Waals surface area contributed by atoms with E-state index >= 15 is 0 Å². The largest absolute Gasteiger partial charge is 0.478 e. The molecule has 2 rings (SSSR count). The fourth-order valence-electron chi connectivity index (χ4n) is 1.31. The van der Waals surface area contributed by atoms with Gasteiger partial charge in [-0.2, -0.15) is 0 Å². The number of aromatic nitrogens is 2. The Morgan fingerprint density at radius 1 is 1.47 bits per heavy atom.